The summed E-state index contributed by atoms with van der Waals surface area (Å²) in [5.41, 5.74) is 8.57. The Morgan fingerprint density at radius 1 is 1.47 bits per heavy atom. The van der Waals surface area contributed by atoms with Gasteiger partial charge in [-0.05, 0) is 13.3 Å². The SMILES string of the molecule is CCCC(N)c1cn(Cc2c(Cl)c(C)nn2C)nn1. The molecule has 7 heteroatoms. The van der Waals surface area contributed by atoms with Crippen molar-refractivity contribution in [2.75, 3.05) is 0 Å². The Hall–Kier alpha value is -1.40. The van der Waals surface area contributed by atoms with Gasteiger partial charge in [0.15, 0.2) is 0 Å². The number of nitrogens with zero attached hydrogens (tertiary/aromatic N) is 5. The van der Waals surface area contributed by atoms with Gasteiger partial charge in [-0.1, -0.05) is 30.2 Å². The number of aromatic nitrogens is 5. The highest BCUT2D eigenvalue weighted by Gasteiger charge is 2.14. The lowest BCUT2D eigenvalue weighted by molar-refractivity contribution is 0.597. The van der Waals surface area contributed by atoms with Crippen molar-refractivity contribution >= 4 is 11.6 Å². The number of rotatable bonds is 5. The standard InChI is InChI=1S/C12H19ClN6/c1-4-5-9(14)10-6-19(17-15-10)7-11-12(13)8(2)16-18(11)3/h6,9H,4-5,7,14H2,1-3H3. The molecule has 19 heavy (non-hydrogen) atoms. The molecule has 2 aromatic rings. The van der Waals surface area contributed by atoms with Gasteiger partial charge >= 0.3 is 0 Å². The molecule has 0 saturated carbocycles. The van der Waals surface area contributed by atoms with Crippen molar-refractivity contribution < 1.29 is 0 Å². The Balaban J connectivity index is 2.16. The van der Waals surface area contributed by atoms with Gasteiger partial charge in [0.2, 0.25) is 0 Å². The lowest BCUT2D eigenvalue weighted by atomic mass is 10.1. The van der Waals surface area contributed by atoms with Gasteiger partial charge in [-0.3, -0.25) is 4.68 Å². The lowest BCUT2D eigenvalue weighted by Gasteiger charge is -2.05. The average molecular weight is 283 g/mol. The van der Waals surface area contributed by atoms with Crippen LogP contribution >= 0.6 is 11.6 Å². The van der Waals surface area contributed by atoms with Gasteiger partial charge in [0.25, 0.3) is 0 Å². The highest BCUT2D eigenvalue weighted by atomic mass is 35.5. The molecule has 0 spiro atoms. The Morgan fingerprint density at radius 2 is 2.21 bits per heavy atom. The van der Waals surface area contributed by atoms with Crippen molar-refractivity contribution in [1.82, 2.24) is 24.8 Å². The van der Waals surface area contributed by atoms with Gasteiger partial charge in [0.1, 0.15) is 0 Å². The van der Waals surface area contributed by atoms with Crippen LogP contribution in [0.1, 0.15) is 42.9 Å². The fourth-order valence-electron chi connectivity index (χ4n) is 2.02. The molecule has 1 atom stereocenters. The zero-order valence-corrected chi connectivity index (χ0v) is 12.2. The van der Waals surface area contributed by atoms with E-state index in [2.05, 4.69) is 22.3 Å². The smallest absolute Gasteiger partial charge is 0.0994 e. The van der Waals surface area contributed by atoms with E-state index in [0.29, 0.717) is 11.6 Å². The Bertz CT molecular complexity index is 559. The molecule has 1 unspecified atom stereocenters. The second kappa shape index (κ2) is 5.71. The molecule has 2 heterocycles. The van der Waals surface area contributed by atoms with Crippen LogP contribution in [0.5, 0.6) is 0 Å². The third-order valence-electron chi connectivity index (χ3n) is 3.11. The quantitative estimate of drug-likeness (QED) is 0.908. The van der Waals surface area contributed by atoms with E-state index in [0.717, 1.165) is 29.9 Å². The Kier molecular flexibility index (Phi) is 4.21. The molecule has 2 N–H and O–H groups in total. The molecule has 104 valence electrons. The number of nitrogens with two attached hydrogens (primary N) is 1. The third kappa shape index (κ3) is 2.96. The normalized spacial score (nSPS) is 12.9. The summed E-state index contributed by atoms with van der Waals surface area (Å²) in [6.07, 6.45) is 3.81. The first-order chi connectivity index (χ1) is 9.02. The molecular formula is C12H19ClN6. The van der Waals surface area contributed by atoms with E-state index < -0.39 is 0 Å². The maximum atomic E-state index is 6.21. The molecule has 0 aliphatic rings. The molecule has 2 rings (SSSR count). The van der Waals surface area contributed by atoms with Crippen molar-refractivity contribution in [3.63, 3.8) is 0 Å². The van der Waals surface area contributed by atoms with Gasteiger partial charge < -0.3 is 5.73 Å². The van der Waals surface area contributed by atoms with Crippen LogP contribution in [0.3, 0.4) is 0 Å². The average Bonchev–Trinajstić information content (AvgIpc) is 2.91. The van der Waals surface area contributed by atoms with E-state index in [1.165, 1.54) is 0 Å². The Morgan fingerprint density at radius 3 is 2.79 bits per heavy atom. The first kappa shape index (κ1) is 14.0. The number of halogens is 1. The predicted octanol–water partition coefficient (Wildman–Crippen LogP) is 1.82. The zero-order chi connectivity index (χ0) is 14.0. The van der Waals surface area contributed by atoms with E-state index in [9.17, 15) is 0 Å². The Labute approximate surface area is 117 Å². The zero-order valence-electron chi connectivity index (χ0n) is 11.5. The van der Waals surface area contributed by atoms with Crippen molar-refractivity contribution in [3.05, 3.63) is 28.3 Å². The summed E-state index contributed by atoms with van der Waals surface area (Å²) < 4.78 is 3.51. The van der Waals surface area contributed by atoms with Crippen LogP contribution < -0.4 is 5.73 Å². The maximum Gasteiger partial charge on any atom is 0.0994 e. The van der Waals surface area contributed by atoms with Crippen molar-refractivity contribution in [2.24, 2.45) is 12.8 Å². The summed E-state index contributed by atoms with van der Waals surface area (Å²) in [6.45, 7) is 4.53. The summed E-state index contributed by atoms with van der Waals surface area (Å²) in [7, 11) is 1.87. The topological polar surface area (TPSA) is 74.6 Å². The summed E-state index contributed by atoms with van der Waals surface area (Å²) in [4.78, 5) is 0. The van der Waals surface area contributed by atoms with E-state index in [1.54, 1.807) is 9.36 Å². The van der Waals surface area contributed by atoms with Gasteiger partial charge in [-0.25, -0.2) is 4.68 Å². The summed E-state index contributed by atoms with van der Waals surface area (Å²) >= 11 is 6.21. The molecule has 0 aromatic carbocycles. The largest absolute Gasteiger partial charge is 0.323 e. The third-order valence-corrected chi connectivity index (χ3v) is 3.60. The van der Waals surface area contributed by atoms with Crippen LogP contribution in [-0.4, -0.2) is 24.8 Å². The highest BCUT2D eigenvalue weighted by Crippen LogP contribution is 2.20. The molecule has 0 aliphatic heterocycles. The monoisotopic (exact) mass is 282 g/mol. The fourth-order valence-corrected chi connectivity index (χ4v) is 2.24. The molecule has 0 saturated heterocycles. The molecule has 2 aromatic heterocycles. The lowest BCUT2D eigenvalue weighted by Crippen LogP contribution is -2.10. The van der Waals surface area contributed by atoms with Crippen LogP contribution in [0.2, 0.25) is 5.02 Å². The molecular weight excluding hydrogens is 264 g/mol. The molecule has 0 aliphatic carbocycles. The van der Waals surface area contributed by atoms with Crippen LogP contribution in [0.4, 0.5) is 0 Å². The summed E-state index contributed by atoms with van der Waals surface area (Å²) in [6, 6.07) is -0.0532. The van der Waals surface area contributed by atoms with E-state index in [1.807, 2.05) is 20.2 Å². The van der Waals surface area contributed by atoms with Gasteiger partial charge in [0, 0.05) is 7.05 Å². The van der Waals surface area contributed by atoms with Crippen LogP contribution in [0.25, 0.3) is 0 Å². The van der Waals surface area contributed by atoms with Gasteiger partial charge in [-0.15, -0.1) is 5.10 Å². The summed E-state index contributed by atoms with van der Waals surface area (Å²) in [5.74, 6) is 0. The molecule has 0 radical (unpaired) electrons. The van der Waals surface area contributed by atoms with Crippen LogP contribution in [-0.2, 0) is 13.6 Å². The molecule has 6 nitrogen and oxygen atoms in total. The molecule has 0 amide bonds. The predicted molar refractivity (Wildman–Crippen MR) is 73.9 cm³/mol. The number of hydrogen-bond donors (Lipinski definition) is 1. The fraction of sp³-hybridized carbons (Fsp3) is 0.583. The van der Waals surface area contributed by atoms with Crippen molar-refractivity contribution in [3.8, 4) is 0 Å². The molecule has 0 fully saturated rings. The first-order valence-electron chi connectivity index (χ1n) is 6.36. The van der Waals surface area contributed by atoms with Gasteiger partial charge in [0.05, 0.1) is 40.9 Å². The minimum Gasteiger partial charge on any atom is -0.323 e. The van der Waals surface area contributed by atoms with E-state index >= 15 is 0 Å². The molecule has 0 bridgehead atoms. The first-order valence-corrected chi connectivity index (χ1v) is 6.74. The van der Waals surface area contributed by atoms with E-state index in [4.69, 9.17) is 17.3 Å². The van der Waals surface area contributed by atoms with Crippen LogP contribution in [0, 0.1) is 6.92 Å². The maximum absolute atomic E-state index is 6.21. The summed E-state index contributed by atoms with van der Waals surface area (Å²) in [5, 5.41) is 13.2. The van der Waals surface area contributed by atoms with Crippen LogP contribution in [0.15, 0.2) is 6.20 Å². The van der Waals surface area contributed by atoms with Crippen molar-refractivity contribution in [1.29, 1.82) is 0 Å². The number of hydrogen-bond acceptors (Lipinski definition) is 4. The second-order valence-corrected chi connectivity index (χ2v) is 5.08. The minimum atomic E-state index is -0.0532. The second-order valence-electron chi connectivity index (χ2n) is 4.71. The minimum absolute atomic E-state index is 0.0532. The van der Waals surface area contributed by atoms with Gasteiger partial charge in [-0.2, -0.15) is 5.10 Å². The van der Waals surface area contributed by atoms with Crippen molar-refractivity contribution in [2.45, 2.75) is 39.3 Å². The number of aryl methyl sites for hydroxylation is 2. The van der Waals surface area contributed by atoms with E-state index in [-0.39, 0.29) is 6.04 Å². The highest BCUT2D eigenvalue weighted by molar-refractivity contribution is 6.31.